The molecule has 1 aromatic rings. The highest BCUT2D eigenvalue weighted by Gasteiger charge is 2.23. The Labute approximate surface area is 84.2 Å². The molecule has 1 atom stereocenters. The van der Waals surface area contributed by atoms with Crippen LogP contribution < -0.4 is 4.74 Å². The topological polar surface area (TPSA) is 66.8 Å². The normalized spacial score (nSPS) is 18.8. The Kier molecular flexibility index (Phi) is 2.17. The van der Waals surface area contributed by atoms with Crippen molar-refractivity contribution < 1.29 is 24.1 Å². The van der Waals surface area contributed by atoms with Crippen molar-refractivity contribution in [3.8, 4) is 5.75 Å². The highest BCUT2D eigenvalue weighted by Crippen LogP contribution is 2.33. The van der Waals surface area contributed by atoms with Crippen molar-refractivity contribution >= 4 is 5.97 Å². The molecule has 0 saturated heterocycles. The molecule has 1 unspecified atom stereocenters. The molecule has 0 saturated carbocycles. The van der Waals surface area contributed by atoms with Gasteiger partial charge in [0.15, 0.2) is 0 Å². The summed E-state index contributed by atoms with van der Waals surface area (Å²) in [5.74, 6) is -1.99. The number of hydrogen-bond donors (Lipinski definition) is 2. The molecule has 1 heterocycles. The van der Waals surface area contributed by atoms with Crippen LogP contribution in [0.2, 0.25) is 0 Å². The maximum Gasteiger partial charge on any atom is 0.371 e. The molecule has 0 aliphatic carbocycles. The van der Waals surface area contributed by atoms with Gasteiger partial charge in [0.05, 0.1) is 0 Å². The molecule has 15 heavy (non-hydrogen) atoms. The Bertz CT molecular complexity index is 453. The van der Waals surface area contributed by atoms with Crippen LogP contribution in [-0.2, 0) is 4.79 Å². The van der Waals surface area contributed by atoms with Crippen molar-refractivity contribution in [2.24, 2.45) is 0 Å². The first-order chi connectivity index (χ1) is 7.08. The van der Waals surface area contributed by atoms with Gasteiger partial charge in [-0.3, -0.25) is 0 Å². The van der Waals surface area contributed by atoms with Crippen molar-refractivity contribution in [1.82, 2.24) is 0 Å². The number of carbonyl (C=O) groups is 1. The van der Waals surface area contributed by atoms with Gasteiger partial charge in [-0.05, 0) is 24.3 Å². The summed E-state index contributed by atoms with van der Waals surface area (Å²) in [4.78, 5) is 10.6. The number of aliphatic hydroxyl groups excluding tert-OH is 1. The smallest absolute Gasteiger partial charge is 0.371 e. The van der Waals surface area contributed by atoms with E-state index < -0.39 is 17.9 Å². The maximum absolute atomic E-state index is 12.8. The number of halogens is 1. The molecule has 1 aliphatic heterocycles. The van der Waals surface area contributed by atoms with E-state index in [-0.39, 0.29) is 17.1 Å². The van der Waals surface area contributed by atoms with Crippen LogP contribution in [0.25, 0.3) is 0 Å². The Morgan fingerprint density at radius 1 is 1.47 bits per heavy atom. The lowest BCUT2D eigenvalue weighted by atomic mass is 10.1. The Balaban J connectivity index is 2.44. The van der Waals surface area contributed by atoms with Crippen LogP contribution in [-0.4, -0.2) is 16.2 Å². The molecule has 5 heteroatoms. The highest BCUT2D eigenvalue weighted by atomic mass is 19.1. The van der Waals surface area contributed by atoms with E-state index in [0.717, 1.165) is 18.2 Å². The van der Waals surface area contributed by atoms with E-state index in [0.29, 0.717) is 0 Å². The van der Waals surface area contributed by atoms with Gasteiger partial charge in [-0.1, -0.05) is 0 Å². The Morgan fingerprint density at radius 2 is 2.20 bits per heavy atom. The molecular formula is C10H7FO4. The number of ether oxygens (including phenoxy) is 1. The standard InChI is InChI=1S/C10H7FO4/c11-5-1-2-8-6(3-5)7(12)4-9(15-8)10(13)14/h1-4,7,12H,(H,13,14). The summed E-state index contributed by atoms with van der Waals surface area (Å²) < 4.78 is 17.8. The predicted molar refractivity (Wildman–Crippen MR) is 47.7 cm³/mol. The lowest BCUT2D eigenvalue weighted by Crippen LogP contribution is -2.15. The predicted octanol–water partition coefficient (Wildman–Crippen LogP) is 1.22. The van der Waals surface area contributed by atoms with Gasteiger partial charge in [0.1, 0.15) is 17.7 Å². The SMILES string of the molecule is O=C(O)C1=CC(O)c2cc(F)ccc2O1. The number of rotatable bonds is 1. The van der Waals surface area contributed by atoms with E-state index in [1.165, 1.54) is 6.07 Å². The molecule has 0 radical (unpaired) electrons. The van der Waals surface area contributed by atoms with Crippen molar-refractivity contribution in [3.05, 3.63) is 41.4 Å². The second kappa shape index (κ2) is 3.36. The number of aliphatic hydroxyl groups is 1. The summed E-state index contributed by atoms with van der Waals surface area (Å²) >= 11 is 0. The lowest BCUT2D eigenvalue weighted by Gasteiger charge is -2.19. The van der Waals surface area contributed by atoms with E-state index in [1.807, 2.05) is 0 Å². The van der Waals surface area contributed by atoms with Gasteiger partial charge in [-0.25, -0.2) is 9.18 Å². The van der Waals surface area contributed by atoms with E-state index in [1.54, 1.807) is 0 Å². The zero-order chi connectivity index (χ0) is 11.0. The summed E-state index contributed by atoms with van der Waals surface area (Å²) in [6.07, 6.45) is -0.139. The van der Waals surface area contributed by atoms with Gasteiger partial charge in [-0.2, -0.15) is 0 Å². The number of hydrogen-bond acceptors (Lipinski definition) is 3. The molecule has 4 nitrogen and oxygen atoms in total. The number of benzene rings is 1. The van der Waals surface area contributed by atoms with E-state index in [2.05, 4.69) is 0 Å². The van der Waals surface area contributed by atoms with Crippen molar-refractivity contribution in [3.63, 3.8) is 0 Å². The minimum absolute atomic E-state index is 0.156. The summed E-state index contributed by atoms with van der Waals surface area (Å²) in [5, 5.41) is 18.2. The largest absolute Gasteiger partial charge is 0.475 e. The average Bonchev–Trinajstić information content (AvgIpc) is 2.18. The fourth-order valence-electron chi connectivity index (χ4n) is 1.34. The molecule has 0 bridgehead atoms. The minimum Gasteiger partial charge on any atom is -0.475 e. The molecule has 2 rings (SSSR count). The van der Waals surface area contributed by atoms with Gasteiger partial charge in [0.2, 0.25) is 5.76 Å². The van der Waals surface area contributed by atoms with Crippen LogP contribution in [0.15, 0.2) is 30.0 Å². The summed E-state index contributed by atoms with van der Waals surface area (Å²) in [5.41, 5.74) is 0.222. The van der Waals surface area contributed by atoms with Crippen LogP contribution in [0.4, 0.5) is 4.39 Å². The highest BCUT2D eigenvalue weighted by molar-refractivity contribution is 5.85. The Morgan fingerprint density at radius 3 is 2.87 bits per heavy atom. The second-order valence-corrected chi connectivity index (χ2v) is 3.07. The molecule has 2 N–H and O–H groups in total. The molecule has 1 aliphatic rings. The van der Waals surface area contributed by atoms with Crippen LogP contribution in [0.1, 0.15) is 11.7 Å². The zero-order valence-electron chi connectivity index (χ0n) is 7.48. The molecule has 0 fully saturated rings. The third-order valence-electron chi connectivity index (χ3n) is 2.03. The molecule has 0 spiro atoms. The number of carboxylic acid groups (broad SMARTS) is 1. The van der Waals surface area contributed by atoms with Gasteiger partial charge in [-0.15, -0.1) is 0 Å². The van der Waals surface area contributed by atoms with Gasteiger partial charge in [0, 0.05) is 5.56 Å². The zero-order valence-corrected chi connectivity index (χ0v) is 7.48. The average molecular weight is 210 g/mol. The molecule has 1 aromatic carbocycles. The summed E-state index contributed by atoms with van der Waals surface area (Å²) in [6, 6.07) is 3.52. The van der Waals surface area contributed by atoms with Gasteiger partial charge >= 0.3 is 5.97 Å². The van der Waals surface area contributed by atoms with Crippen LogP contribution in [0, 0.1) is 5.82 Å². The number of fused-ring (bicyclic) bond motifs is 1. The van der Waals surface area contributed by atoms with E-state index in [4.69, 9.17) is 9.84 Å². The third-order valence-corrected chi connectivity index (χ3v) is 2.03. The number of carboxylic acids is 1. The van der Waals surface area contributed by atoms with E-state index in [9.17, 15) is 14.3 Å². The third kappa shape index (κ3) is 1.69. The molecule has 78 valence electrons. The van der Waals surface area contributed by atoms with Gasteiger partial charge < -0.3 is 14.9 Å². The van der Waals surface area contributed by atoms with Crippen LogP contribution >= 0.6 is 0 Å². The molecule has 0 amide bonds. The maximum atomic E-state index is 12.8. The first kappa shape index (κ1) is 9.67. The summed E-state index contributed by atoms with van der Waals surface area (Å²) in [7, 11) is 0. The lowest BCUT2D eigenvalue weighted by molar-refractivity contribution is -0.135. The molecule has 0 aromatic heterocycles. The quantitative estimate of drug-likeness (QED) is 0.731. The monoisotopic (exact) mass is 210 g/mol. The van der Waals surface area contributed by atoms with Crippen molar-refractivity contribution in [1.29, 1.82) is 0 Å². The van der Waals surface area contributed by atoms with Gasteiger partial charge in [0.25, 0.3) is 0 Å². The van der Waals surface area contributed by atoms with Crippen molar-refractivity contribution in [2.45, 2.75) is 6.10 Å². The molecular weight excluding hydrogens is 203 g/mol. The first-order valence-corrected chi connectivity index (χ1v) is 4.18. The fraction of sp³-hybridized carbons (Fsp3) is 0.100. The fourth-order valence-corrected chi connectivity index (χ4v) is 1.34. The van der Waals surface area contributed by atoms with E-state index >= 15 is 0 Å². The minimum atomic E-state index is -1.27. The van der Waals surface area contributed by atoms with Crippen LogP contribution in [0.5, 0.6) is 5.75 Å². The number of aliphatic carboxylic acids is 1. The Hall–Kier alpha value is -1.88. The second-order valence-electron chi connectivity index (χ2n) is 3.07. The first-order valence-electron chi connectivity index (χ1n) is 4.18. The van der Waals surface area contributed by atoms with Crippen molar-refractivity contribution in [2.75, 3.05) is 0 Å². The van der Waals surface area contributed by atoms with Crippen LogP contribution in [0.3, 0.4) is 0 Å². The summed E-state index contributed by atoms with van der Waals surface area (Å²) in [6.45, 7) is 0.